The van der Waals surface area contributed by atoms with Crippen molar-refractivity contribution < 1.29 is 9.53 Å². The SMILES string of the molecule is Cc1ccc(N(C)C(=O)O[C@@H]2CCN(C)C2)c(-c2ccccc2)c1. The van der Waals surface area contributed by atoms with Gasteiger partial charge in [-0.2, -0.15) is 0 Å². The highest BCUT2D eigenvalue weighted by Gasteiger charge is 2.25. The Labute approximate surface area is 143 Å². The fourth-order valence-electron chi connectivity index (χ4n) is 3.10. The average molecular weight is 324 g/mol. The summed E-state index contributed by atoms with van der Waals surface area (Å²) >= 11 is 0. The summed E-state index contributed by atoms with van der Waals surface area (Å²) in [4.78, 5) is 16.4. The zero-order valence-electron chi connectivity index (χ0n) is 14.5. The van der Waals surface area contributed by atoms with Crippen molar-refractivity contribution in [3.63, 3.8) is 0 Å². The molecule has 1 aliphatic rings. The molecule has 3 rings (SSSR count). The number of amides is 1. The number of anilines is 1. The molecular weight excluding hydrogens is 300 g/mol. The number of hydrogen-bond acceptors (Lipinski definition) is 3. The van der Waals surface area contributed by atoms with E-state index in [0.717, 1.165) is 41.9 Å². The van der Waals surface area contributed by atoms with Gasteiger partial charge in [0.2, 0.25) is 0 Å². The Bertz CT molecular complexity index is 715. The van der Waals surface area contributed by atoms with Gasteiger partial charge in [0.1, 0.15) is 6.10 Å². The Kier molecular flexibility index (Phi) is 4.86. The maximum atomic E-state index is 12.6. The molecule has 1 aliphatic heterocycles. The Morgan fingerprint density at radius 3 is 2.62 bits per heavy atom. The van der Waals surface area contributed by atoms with Gasteiger partial charge in [-0.15, -0.1) is 0 Å². The van der Waals surface area contributed by atoms with Gasteiger partial charge < -0.3 is 9.64 Å². The smallest absolute Gasteiger partial charge is 0.414 e. The summed E-state index contributed by atoms with van der Waals surface area (Å²) in [7, 11) is 3.82. The van der Waals surface area contributed by atoms with Crippen LogP contribution in [0.2, 0.25) is 0 Å². The second-order valence-electron chi connectivity index (χ2n) is 6.50. The first-order valence-electron chi connectivity index (χ1n) is 8.33. The molecule has 0 saturated carbocycles. The molecule has 0 spiro atoms. The van der Waals surface area contributed by atoms with Gasteiger partial charge in [0.15, 0.2) is 0 Å². The highest BCUT2D eigenvalue weighted by atomic mass is 16.6. The Morgan fingerprint density at radius 2 is 1.96 bits per heavy atom. The van der Waals surface area contributed by atoms with Crippen molar-refractivity contribution in [2.24, 2.45) is 0 Å². The molecule has 1 fully saturated rings. The van der Waals surface area contributed by atoms with Crippen LogP contribution in [-0.2, 0) is 4.74 Å². The van der Waals surface area contributed by atoms with E-state index < -0.39 is 0 Å². The average Bonchev–Trinajstić information content (AvgIpc) is 3.00. The van der Waals surface area contributed by atoms with E-state index in [4.69, 9.17) is 4.74 Å². The first-order chi connectivity index (χ1) is 11.5. The summed E-state index contributed by atoms with van der Waals surface area (Å²) in [6.07, 6.45) is 0.585. The van der Waals surface area contributed by atoms with Crippen molar-refractivity contribution in [1.82, 2.24) is 4.90 Å². The summed E-state index contributed by atoms with van der Waals surface area (Å²) in [5.74, 6) is 0. The lowest BCUT2D eigenvalue weighted by Gasteiger charge is -2.23. The Balaban J connectivity index is 1.84. The van der Waals surface area contributed by atoms with E-state index in [-0.39, 0.29) is 12.2 Å². The second kappa shape index (κ2) is 7.05. The number of nitrogens with zero attached hydrogens (tertiary/aromatic N) is 2. The van der Waals surface area contributed by atoms with E-state index in [2.05, 4.69) is 30.0 Å². The summed E-state index contributed by atoms with van der Waals surface area (Å²) in [5, 5.41) is 0. The molecule has 1 saturated heterocycles. The molecule has 1 amide bonds. The predicted molar refractivity (Wildman–Crippen MR) is 97.4 cm³/mol. The van der Waals surface area contributed by atoms with Gasteiger partial charge in [-0.3, -0.25) is 4.90 Å². The number of ether oxygens (including phenoxy) is 1. The van der Waals surface area contributed by atoms with Crippen LogP contribution in [0.15, 0.2) is 48.5 Å². The number of rotatable bonds is 3. The maximum absolute atomic E-state index is 12.6. The van der Waals surface area contributed by atoms with Crippen molar-refractivity contribution in [2.75, 3.05) is 32.1 Å². The maximum Gasteiger partial charge on any atom is 0.414 e. The fraction of sp³-hybridized carbons (Fsp3) is 0.350. The molecule has 0 radical (unpaired) electrons. The van der Waals surface area contributed by atoms with E-state index in [0.29, 0.717) is 0 Å². The molecule has 1 heterocycles. The van der Waals surface area contributed by atoms with E-state index in [1.807, 2.05) is 37.4 Å². The molecule has 0 bridgehead atoms. The minimum atomic E-state index is -0.295. The van der Waals surface area contributed by atoms with Gasteiger partial charge >= 0.3 is 6.09 Å². The Hall–Kier alpha value is -2.33. The molecular formula is C20H24N2O2. The normalized spacial score (nSPS) is 17.7. The van der Waals surface area contributed by atoms with E-state index in [9.17, 15) is 4.79 Å². The lowest BCUT2D eigenvalue weighted by molar-refractivity contribution is 0.110. The van der Waals surface area contributed by atoms with Gasteiger partial charge in [0.05, 0.1) is 5.69 Å². The molecule has 4 heteroatoms. The summed E-state index contributed by atoms with van der Waals surface area (Å²) in [6, 6.07) is 16.2. The number of hydrogen-bond donors (Lipinski definition) is 0. The van der Waals surface area contributed by atoms with Crippen LogP contribution in [0.4, 0.5) is 10.5 Å². The van der Waals surface area contributed by atoms with E-state index in [1.54, 1.807) is 11.9 Å². The Morgan fingerprint density at radius 1 is 1.21 bits per heavy atom. The van der Waals surface area contributed by atoms with Crippen molar-refractivity contribution in [1.29, 1.82) is 0 Å². The number of benzene rings is 2. The minimum absolute atomic E-state index is 0.0180. The third kappa shape index (κ3) is 3.60. The molecule has 1 atom stereocenters. The van der Waals surface area contributed by atoms with Crippen molar-refractivity contribution in [3.8, 4) is 11.1 Å². The van der Waals surface area contributed by atoms with Crippen molar-refractivity contribution in [3.05, 3.63) is 54.1 Å². The number of carbonyl (C=O) groups is 1. The number of aryl methyl sites for hydroxylation is 1. The zero-order valence-corrected chi connectivity index (χ0v) is 14.5. The molecule has 4 nitrogen and oxygen atoms in total. The third-order valence-electron chi connectivity index (χ3n) is 4.49. The van der Waals surface area contributed by atoms with Crippen LogP contribution in [-0.4, -0.2) is 44.3 Å². The van der Waals surface area contributed by atoms with Crippen LogP contribution in [0.1, 0.15) is 12.0 Å². The molecule has 24 heavy (non-hydrogen) atoms. The van der Waals surface area contributed by atoms with Crippen LogP contribution >= 0.6 is 0 Å². The highest BCUT2D eigenvalue weighted by molar-refractivity contribution is 5.93. The third-order valence-corrected chi connectivity index (χ3v) is 4.49. The molecule has 0 N–H and O–H groups in total. The van der Waals surface area contributed by atoms with Crippen LogP contribution < -0.4 is 4.90 Å². The lowest BCUT2D eigenvalue weighted by atomic mass is 10.0. The van der Waals surface area contributed by atoms with Crippen LogP contribution in [0.5, 0.6) is 0 Å². The number of likely N-dealkylation sites (tertiary alicyclic amines) is 1. The van der Waals surface area contributed by atoms with Crippen LogP contribution in [0.3, 0.4) is 0 Å². The molecule has 2 aromatic carbocycles. The first kappa shape index (κ1) is 16.5. The van der Waals surface area contributed by atoms with Crippen LogP contribution in [0, 0.1) is 6.92 Å². The standard InChI is InChI=1S/C20H24N2O2/c1-15-9-10-19(18(13-15)16-7-5-4-6-8-16)22(3)20(23)24-17-11-12-21(2)14-17/h4-10,13,17H,11-12,14H2,1-3H3/t17-/m1/s1. The summed E-state index contributed by atoms with van der Waals surface area (Å²) in [6.45, 7) is 3.84. The van der Waals surface area contributed by atoms with Crippen LogP contribution in [0.25, 0.3) is 11.1 Å². The molecule has 0 aromatic heterocycles. The molecule has 126 valence electrons. The topological polar surface area (TPSA) is 32.8 Å². The molecule has 2 aromatic rings. The number of carbonyl (C=O) groups excluding carboxylic acids is 1. The van der Waals surface area contributed by atoms with Gasteiger partial charge in [0, 0.05) is 25.7 Å². The highest BCUT2D eigenvalue weighted by Crippen LogP contribution is 2.31. The number of likely N-dealkylation sites (N-methyl/N-ethyl adjacent to an activating group) is 1. The minimum Gasteiger partial charge on any atom is -0.444 e. The van der Waals surface area contributed by atoms with Gasteiger partial charge in [0.25, 0.3) is 0 Å². The monoisotopic (exact) mass is 324 g/mol. The van der Waals surface area contributed by atoms with Gasteiger partial charge in [-0.05, 0) is 38.1 Å². The predicted octanol–water partition coefficient (Wildman–Crippen LogP) is 3.94. The second-order valence-corrected chi connectivity index (χ2v) is 6.50. The molecule has 0 unspecified atom stereocenters. The van der Waals surface area contributed by atoms with Crippen molar-refractivity contribution in [2.45, 2.75) is 19.4 Å². The first-order valence-corrected chi connectivity index (χ1v) is 8.33. The largest absolute Gasteiger partial charge is 0.444 e. The summed E-state index contributed by atoms with van der Waals surface area (Å²) in [5.41, 5.74) is 4.16. The van der Waals surface area contributed by atoms with Gasteiger partial charge in [-0.1, -0.05) is 42.0 Å². The fourth-order valence-corrected chi connectivity index (χ4v) is 3.10. The lowest BCUT2D eigenvalue weighted by Crippen LogP contribution is -2.32. The quantitative estimate of drug-likeness (QED) is 0.857. The van der Waals surface area contributed by atoms with Gasteiger partial charge in [-0.25, -0.2) is 4.79 Å². The molecule has 0 aliphatic carbocycles. The summed E-state index contributed by atoms with van der Waals surface area (Å²) < 4.78 is 5.66. The van der Waals surface area contributed by atoms with E-state index in [1.165, 1.54) is 0 Å². The zero-order chi connectivity index (χ0) is 17.1. The van der Waals surface area contributed by atoms with E-state index >= 15 is 0 Å². The van der Waals surface area contributed by atoms with Crippen molar-refractivity contribution >= 4 is 11.8 Å².